The Hall–Kier alpha value is -3.21. The lowest BCUT2D eigenvalue weighted by Crippen LogP contribution is -2.17. The van der Waals surface area contributed by atoms with Crippen molar-refractivity contribution in [3.05, 3.63) is 70.9 Å². The Kier molecular flexibility index (Phi) is 5.56. The zero-order chi connectivity index (χ0) is 20.2. The van der Waals surface area contributed by atoms with Crippen LogP contribution in [-0.4, -0.2) is 30.5 Å². The van der Waals surface area contributed by atoms with Gasteiger partial charge in [-0.1, -0.05) is 24.6 Å². The van der Waals surface area contributed by atoms with Crippen LogP contribution in [-0.2, 0) is 17.6 Å². The van der Waals surface area contributed by atoms with Crippen LogP contribution in [0.1, 0.15) is 51.2 Å². The highest BCUT2D eigenvalue weighted by Gasteiger charge is 2.23. The van der Waals surface area contributed by atoms with Crippen LogP contribution >= 0.6 is 0 Å². The van der Waals surface area contributed by atoms with Crippen molar-refractivity contribution in [3.8, 4) is 5.75 Å². The molecule has 0 fully saturated rings. The normalized spacial score (nSPS) is 13.4. The van der Waals surface area contributed by atoms with Crippen LogP contribution in [0.3, 0.4) is 0 Å². The molecule has 0 amide bonds. The molecule has 29 heavy (non-hydrogen) atoms. The van der Waals surface area contributed by atoms with Crippen molar-refractivity contribution in [2.75, 3.05) is 13.7 Å². The number of aryl methyl sites for hydroxylation is 1. The number of ketones is 1. The number of para-hydroxylation sites is 1. The number of carbonyl (C=O) groups excluding carboxylic acids is 2. The molecule has 5 heteroatoms. The van der Waals surface area contributed by atoms with E-state index in [0.29, 0.717) is 16.9 Å². The maximum atomic E-state index is 13.1. The van der Waals surface area contributed by atoms with Gasteiger partial charge >= 0.3 is 5.97 Å². The van der Waals surface area contributed by atoms with E-state index >= 15 is 0 Å². The third-order valence-electron chi connectivity index (χ3n) is 5.37. The van der Waals surface area contributed by atoms with Crippen molar-refractivity contribution in [1.29, 1.82) is 0 Å². The minimum Gasteiger partial charge on any atom is -0.497 e. The van der Waals surface area contributed by atoms with E-state index in [-0.39, 0.29) is 12.4 Å². The van der Waals surface area contributed by atoms with Gasteiger partial charge in [-0.25, -0.2) is 4.79 Å². The van der Waals surface area contributed by atoms with Crippen molar-refractivity contribution in [2.24, 2.45) is 0 Å². The summed E-state index contributed by atoms with van der Waals surface area (Å²) in [5, 5.41) is 0.787. The van der Waals surface area contributed by atoms with E-state index in [1.165, 1.54) is 0 Å². The number of nitrogens with zero attached hydrogens (tertiary/aromatic N) is 1. The van der Waals surface area contributed by atoms with Gasteiger partial charge in [-0.05, 0) is 61.6 Å². The van der Waals surface area contributed by atoms with E-state index in [1.807, 2.05) is 24.3 Å². The molecule has 0 bridgehead atoms. The topological polar surface area (TPSA) is 65.5 Å². The third-order valence-corrected chi connectivity index (χ3v) is 5.37. The van der Waals surface area contributed by atoms with Gasteiger partial charge in [-0.15, -0.1) is 0 Å². The smallest absolute Gasteiger partial charge is 0.339 e. The standard InChI is InChI=1S/C24H23NO4/c1-28-17-13-11-16(12-14-17)22(26)15-29-24(27)23-18-7-3-2-4-9-20(18)25-21-10-6-5-8-19(21)23/h5-6,8,10-14H,2-4,7,9,15H2,1H3. The predicted molar refractivity (Wildman–Crippen MR) is 111 cm³/mol. The van der Waals surface area contributed by atoms with Gasteiger partial charge in [0.25, 0.3) is 0 Å². The number of aromatic nitrogens is 1. The highest BCUT2D eigenvalue weighted by atomic mass is 16.5. The number of rotatable bonds is 5. The molecule has 0 spiro atoms. The molecule has 0 radical (unpaired) electrons. The van der Waals surface area contributed by atoms with Crippen molar-refractivity contribution in [2.45, 2.75) is 32.1 Å². The van der Waals surface area contributed by atoms with Crippen molar-refractivity contribution in [1.82, 2.24) is 4.98 Å². The van der Waals surface area contributed by atoms with Crippen LogP contribution in [0, 0.1) is 0 Å². The molecule has 0 atom stereocenters. The summed E-state index contributed by atoms with van der Waals surface area (Å²) in [5.41, 5.74) is 3.80. The SMILES string of the molecule is COc1ccc(C(=O)COC(=O)c2c3c(nc4ccccc24)CCCCC3)cc1. The number of carbonyl (C=O) groups is 2. The summed E-state index contributed by atoms with van der Waals surface area (Å²) in [7, 11) is 1.57. The largest absolute Gasteiger partial charge is 0.497 e. The van der Waals surface area contributed by atoms with Gasteiger partial charge in [0.05, 0.1) is 18.2 Å². The minimum atomic E-state index is -0.455. The molecule has 2 aromatic carbocycles. The number of ether oxygens (including phenoxy) is 2. The fourth-order valence-corrected chi connectivity index (χ4v) is 3.85. The first-order valence-corrected chi connectivity index (χ1v) is 9.92. The molecule has 1 aromatic heterocycles. The first kappa shape index (κ1) is 19.1. The Bertz CT molecular complexity index is 1060. The van der Waals surface area contributed by atoms with Gasteiger partial charge < -0.3 is 9.47 Å². The molecule has 5 nitrogen and oxygen atoms in total. The van der Waals surface area contributed by atoms with E-state index in [1.54, 1.807) is 31.4 Å². The average Bonchev–Trinajstić information content (AvgIpc) is 3.00. The molecule has 4 rings (SSSR count). The monoisotopic (exact) mass is 389 g/mol. The predicted octanol–water partition coefficient (Wildman–Crippen LogP) is 4.55. The van der Waals surface area contributed by atoms with Gasteiger partial charge in [0.15, 0.2) is 12.4 Å². The Morgan fingerprint density at radius 2 is 1.72 bits per heavy atom. The lowest BCUT2D eigenvalue weighted by atomic mass is 9.97. The van der Waals surface area contributed by atoms with Crippen LogP contribution < -0.4 is 4.74 Å². The van der Waals surface area contributed by atoms with Crippen molar-refractivity contribution < 1.29 is 19.1 Å². The second-order valence-electron chi connectivity index (χ2n) is 7.22. The second kappa shape index (κ2) is 8.43. The van der Waals surface area contributed by atoms with E-state index in [9.17, 15) is 9.59 Å². The fourth-order valence-electron chi connectivity index (χ4n) is 3.85. The summed E-state index contributed by atoms with van der Waals surface area (Å²) in [6, 6.07) is 14.4. The molecule has 0 N–H and O–H groups in total. The Morgan fingerprint density at radius 3 is 2.52 bits per heavy atom. The molecular formula is C24H23NO4. The second-order valence-corrected chi connectivity index (χ2v) is 7.22. The van der Waals surface area contributed by atoms with Crippen LogP contribution in [0.2, 0.25) is 0 Å². The van der Waals surface area contributed by atoms with E-state index < -0.39 is 5.97 Å². The zero-order valence-corrected chi connectivity index (χ0v) is 16.4. The first-order chi connectivity index (χ1) is 14.2. The van der Waals surface area contributed by atoms with E-state index in [0.717, 1.165) is 54.3 Å². The summed E-state index contributed by atoms with van der Waals surface area (Å²) >= 11 is 0. The maximum absolute atomic E-state index is 13.1. The average molecular weight is 389 g/mol. The van der Waals surface area contributed by atoms with Crippen molar-refractivity contribution in [3.63, 3.8) is 0 Å². The number of methoxy groups -OCH3 is 1. The Balaban J connectivity index is 1.60. The van der Waals surface area contributed by atoms with Crippen LogP contribution in [0.15, 0.2) is 48.5 Å². The summed E-state index contributed by atoms with van der Waals surface area (Å²) in [6.07, 6.45) is 4.90. The number of pyridine rings is 1. The van der Waals surface area contributed by atoms with E-state index in [2.05, 4.69) is 0 Å². The van der Waals surface area contributed by atoms with Gasteiger partial charge in [-0.3, -0.25) is 9.78 Å². The summed E-state index contributed by atoms with van der Waals surface area (Å²) in [4.78, 5) is 30.3. The molecule has 0 unspecified atom stereocenters. The Labute approximate surface area is 169 Å². The molecule has 3 aromatic rings. The highest BCUT2D eigenvalue weighted by Crippen LogP contribution is 2.29. The maximum Gasteiger partial charge on any atom is 0.339 e. The van der Waals surface area contributed by atoms with Gasteiger partial charge in [0.2, 0.25) is 0 Å². The number of fused-ring (bicyclic) bond motifs is 2. The van der Waals surface area contributed by atoms with Gasteiger partial charge in [0, 0.05) is 16.6 Å². The van der Waals surface area contributed by atoms with Crippen molar-refractivity contribution >= 4 is 22.7 Å². The molecular weight excluding hydrogens is 366 g/mol. The lowest BCUT2D eigenvalue weighted by molar-refractivity contribution is 0.0475. The number of hydrogen-bond donors (Lipinski definition) is 0. The molecule has 1 aliphatic rings. The molecule has 1 aliphatic carbocycles. The molecule has 0 saturated heterocycles. The highest BCUT2D eigenvalue weighted by molar-refractivity contribution is 6.06. The van der Waals surface area contributed by atoms with Gasteiger partial charge in [0.1, 0.15) is 5.75 Å². The van der Waals surface area contributed by atoms with Crippen LogP contribution in [0.4, 0.5) is 0 Å². The summed E-state index contributed by atoms with van der Waals surface area (Å²) in [5.74, 6) is -0.0291. The number of esters is 1. The number of hydrogen-bond acceptors (Lipinski definition) is 5. The van der Waals surface area contributed by atoms with E-state index in [4.69, 9.17) is 14.5 Å². The molecule has 1 heterocycles. The van der Waals surface area contributed by atoms with Gasteiger partial charge in [-0.2, -0.15) is 0 Å². The molecule has 148 valence electrons. The fraction of sp³-hybridized carbons (Fsp3) is 0.292. The van der Waals surface area contributed by atoms with Crippen LogP contribution in [0.25, 0.3) is 10.9 Å². The minimum absolute atomic E-state index is 0.245. The first-order valence-electron chi connectivity index (χ1n) is 9.92. The number of benzene rings is 2. The molecule has 0 saturated carbocycles. The third kappa shape index (κ3) is 3.99. The zero-order valence-electron chi connectivity index (χ0n) is 16.4. The Morgan fingerprint density at radius 1 is 0.966 bits per heavy atom. The molecule has 0 aliphatic heterocycles. The summed E-state index contributed by atoms with van der Waals surface area (Å²) < 4.78 is 10.6. The van der Waals surface area contributed by atoms with Crippen LogP contribution in [0.5, 0.6) is 5.75 Å². The quantitative estimate of drug-likeness (QED) is 0.364. The number of Topliss-reactive ketones (excluding diaryl/α,β-unsaturated/α-hetero) is 1. The summed E-state index contributed by atoms with van der Waals surface area (Å²) in [6.45, 7) is -0.295. The lowest BCUT2D eigenvalue weighted by Gasteiger charge is -2.14.